The predicted octanol–water partition coefficient (Wildman–Crippen LogP) is 12.8. The second-order valence-corrected chi connectivity index (χ2v) is 15.3. The summed E-state index contributed by atoms with van der Waals surface area (Å²) in [4.78, 5) is 15.7. The smallest absolute Gasteiger partial charge is 0.656 e. The predicted molar refractivity (Wildman–Crippen MR) is 236 cm³/mol. The molecule has 11 rings (SSSR count). The quantitative estimate of drug-likeness (QED) is 0.162. The van der Waals surface area contributed by atoms with Gasteiger partial charge in [-0.25, -0.2) is 9.97 Å². The van der Waals surface area contributed by atoms with Crippen LogP contribution in [0.5, 0.6) is 0 Å². The standard InChI is InChI=1S/C52H37N5.Pt/c1-31-20-23-45-43(28-31)40-22-21-35(29-47(40)57(45)48-30-36(24-25-53-48)49-33(3)26-32(2)27-34(49)4)38-15-11-19-46-51(38)55-52(56(46)37-12-6-5-7-13-37)42-17-10-16-41-39-14-8-9-18-44(39)54-50(41)42;/h5-28,30H,1-4H3;/q-2;+2. The Kier molecular flexibility index (Phi) is 8.54. The van der Waals surface area contributed by atoms with Crippen molar-refractivity contribution in [3.8, 4) is 45.1 Å². The third-order valence-electron chi connectivity index (χ3n) is 11.5. The summed E-state index contributed by atoms with van der Waals surface area (Å²) >= 11 is 0. The van der Waals surface area contributed by atoms with Crippen molar-refractivity contribution >= 4 is 54.6 Å². The van der Waals surface area contributed by atoms with E-state index in [9.17, 15) is 0 Å². The topological polar surface area (TPSA) is 49.7 Å². The minimum absolute atomic E-state index is 0. The fraction of sp³-hybridized carbons (Fsp3) is 0.0769. The minimum atomic E-state index is 0. The molecular formula is C52H37N5Pt. The van der Waals surface area contributed by atoms with Gasteiger partial charge in [0.25, 0.3) is 0 Å². The van der Waals surface area contributed by atoms with Crippen LogP contribution in [0.4, 0.5) is 0 Å². The van der Waals surface area contributed by atoms with Crippen molar-refractivity contribution in [2.75, 3.05) is 0 Å². The summed E-state index contributed by atoms with van der Waals surface area (Å²) in [5.74, 6) is 1.71. The molecule has 0 aliphatic rings. The maximum Gasteiger partial charge on any atom is 2.00 e. The van der Waals surface area contributed by atoms with Crippen LogP contribution in [-0.4, -0.2) is 19.1 Å². The molecule has 280 valence electrons. The Bertz CT molecular complexity index is 3380. The van der Waals surface area contributed by atoms with Crippen LogP contribution < -0.4 is 4.98 Å². The van der Waals surface area contributed by atoms with Gasteiger partial charge in [0.15, 0.2) is 0 Å². The Labute approximate surface area is 350 Å². The van der Waals surface area contributed by atoms with Gasteiger partial charge in [-0.1, -0.05) is 119 Å². The van der Waals surface area contributed by atoms with Gasteiger partial charge in [-0.3, -0.25) is 4.57 Å². The van der Waals surface area contributed by atoms with E-state index in [4.69, 9.17) is 15.0 Å². The number of para-hydroxylation sites is 4. The molecule has 0 saturated heterocycles. The van der Waals surface area contributed by atoms with Crippen molar-refractivity contribution in [1.29, 1.82) is 0 Å². The fourth-order valence-electron chi connectivity index (χ4n) is 9.10. The normalized spacial score (nSPS) is 11.7. The molecule has 11 aromatic rings. The first kappa shape index (κ1) is 35.8. The van der Waals surface area contributed by atoms with E-state index in [0.29, 0.717) is 0 Å². The average molecular weight is 927 g/mol. The SMILES string of the molecule is Cc1cc(C)c(-c2ccnc(-n3c4[c-]c(-c5cccc6c5nc(-c5cccc7c5[n-]c5ccccc57)n6-c5ccccc5)ccc4c4cc(C)ccc43)c2)c(C)c1.[Pt+2]. The van der Waals surface area contributed by atoms with E-state index in [0.717, 1.165) is 88.8 Å². The second-order valence-electron chi connectivity index (χ2n) is 15.3. The van der Waals surface area contributed by atoms with Crippen LogP contribution in [0.2, 0.25) is 0 Å². The molecule has 0 N–H and O–H groups in total. The van der Waals surface area contributed by atoms with Gasteiger partial charge in [0.1, 0.15) is 11.6 Å². The number of hydrogen-bond acceptors (Lipinski definition) is 2. The van der Waals surface area contributed by atoms with E-state index >= 15 is 0 Å². The molecule has 0 spiro atoms. The first-order valence-corrected chi connectivity index (χ1v) is 19.4. The first-order valence-electron chi connectivity index (χ1n) is 19.4. The van der Waals surface area contributed by atoms with Gasteiger partial charge in [0.05, 0.1) is 11.0 Å². The third kappa shape index (κ3) is 5.56. The van der Waals surface area contributed by atoms with Crippen molar-refractivity contribution in [2.24, 2.45) is 0 Å². The molecule has 0 fully saturated rings. The van der Waals surface area contributed by atoms with Crippen LogP contribution in [-0.2, 0) is 21.1 Å². The van der Waals surface area contributed by atoms with Gasteiger partial charge in [-0.2, -0.15) is 0 Å². The zero-order chi connectivity index (χ0) is 38.4. The number of benzene rings is 7. The maximum atomic E-state index is 5.52. The Balaban J connectivity index is 0.00000408. The van der Waals surface area contributed by atoms with Crippen molar-refractivity contribution in [1.82, 2.24) is 24.1 Å². The third-order valence-corrected chi connectivity index (χ3v) is 11.5. The van der Waals surface area contributed by atoms with Crippen molar-refractivity contribution in [2.45, 2.75) is 27.7 Å². The largest absolute Gasteiger partial charge is 2.00 e. The van der Waals surface area contributed by atoms with E-state index in [1.165, 1.54) is 33.2 Å². The number of imidazole rings is 1. The summed E-state index contributed by atoms with van der Waals surface area (Å²) in [5.41, 5.74) is 17.4. The Morgan fingerprint density at radius 1 is 0.569 bits per heavy atom. The summed E-state index contributed by atoms with van der Waals surface area (Å²) in [5, 5.41) is 4.59. The van der Waals surface area contributed by atoms with Crippen molar-refractivity contribution in [3.63, 3.8) is 0 Å². The van der Waals surface area contributed by atoms with E-state index in [-0.39, 0.29) is 21.1 Å². The molecular weight excluding hydrogens is 890 g/mol. The number of nitrogens with zero attached hydrogens (tertiary/aromatic N) is 5. The summed E-state index contributed by atoms with van der Waals surface area (Å²) in [6, 6.07) is 55.6. The van der Waals surface area contributed by atoms with E-state index < -0.39 is 0 Å². The number of fused-ring (bicyclic) bond motifs is 7. The molecule has 6 heteroatoms. The van der Waals surface area contributed by atoms with Crippen LogP contribution in [0.25, 0.3) is 99.8 Å². The molecule has 0 radical (unpaired) electrons. The molecule has 4 aromatic heterocycles. The number of rotatable bonds is 5. The van der Waals surface area contributed by atoms with Crippen molar-refractivity contribution in [3.05, 3.63) is 180 Å². The van der Waals surface area contributed by atoms with Crippen LogP contribution in [0.3, 0.4) is 0 Å². The molecule has 0 saturated carbocycles. The summed E-state index contributed by atoms with van der Waals surface area (Å²) in [6.07, 6.45) is 1.93. The first-order chi connectivity index (χ1) is 27.9. The molecule has 4 heterocycles. The summed E-state index contributed by atoms with van der Waals surface area (Å²) < 4.78 is 4.55. The van der Waals surface area contributed by atoms with Gasteiger partial charge in [0.2, 0.25) is 0 Å². The molecule has 0 unspecified atom stereocenters. The zero-order valence-corrected chi connectivity index (χ0v) is 34.8. The summed E-state index contributed by atoms with van der Waals surface area (Å²) in [7, 11) is 0. The maximum absolute atomic E-state index is 5.52. The molecule has 0 bridgehead atoms. The number of pyridine rings is 1. The van der Waals surface area contributed by atoms with E-state index in [1.807, 2.05) is 12.3 Å². The van der Waals surface area contributed by atoms with Gasteiger partial charge in [0, 0.05) is 23.0 Å². The minimum Gasteiger partial charge on any atom is -0.656 e. The molecule has 0 amide bonds. The number of aromatic nitrogens is 5. The van der Waals surface area contributed by atoms with Crippen LogP contribution >= 0.6 is 0 Å². The van der Waals surface area contributed by atoms with Gasteiger partial charge in [-0.15, -0.1) is 34.8 Å². The Morgan fingerprint density at radius 2 is 1.33 bits per heavy atom. The van der Waals surface area contributed by atoms with Crippen molar-refractivity contribution < 1.29 is 21.1 Å². The molecule has 58 heavy (non-hydrogen) atoms. The molecule has 0 aliphatic carbocycles. The molecule has 5 nitrogen and oxygen atoms in total. The number of aryl methyl sites for hydroxylation is 4. The molecule has 0 atom stereocenters. The van der Waals surface area contributed by atoms with E-state index in [1.54, 1.807) is 0 Å². The summed E-state index contributed by atoms with van der Waals surface area (Å²) in [6.45, 7) is 8.70. The molecule has 0 aliphatic heterocycles. The zero-order valence-electron chi connectivity index (χ0n) is 32.5. The molecule has 7 aromatic carbocycles. The van der Waals surface area contributed by atoms with Gasteiger partial charge in [-0.05, 0) is 108 Å². The Morgan fingerprint density at radius 3 is 2.17 bits per heavy atom. The van der Waals surface area contributed by atoms with Gasteiger partial charge < -0.3 is 9.55 Å². The van der Waals surface area contributed by atoms with Gasteiger partial charge >= 0.3 is 21.1 Å². The fourth-order valence-corrected chi connectivity index (χ4v) is 9.10. The van der Waals surface area contributed by atoms with Crippen LogP contribution in [0.1, 0.15) is 22.3 Å². The van der Waals surface area contributed by atoms with E-state index in [2.05, 4.69) is 182 Å². The monoisotopic (exact) mass is 926 g/mol. The average Bonchev–Trinajstić information content (AvgIpc) is 3.90. The Hall–Kier alpha value is -6.55. The number of hydrogen-bond donors (Lipinski definition) is 0. The van der Waals surface area contributed by atoms with Crippen LogP contribution in [0, 0.1) is 33.8 Å². The second kappa shape index (κ2) is 13.8. The van der Waals surface area contributed by atoms with Crippen LogP contribution in [0.15, 0.2) is 152 Å².